The van der Waals surface area contributed by atoms with Crippen LogP contribution in [0.3, 0.4) is 0 Å². The van der Waals surface area contributed by atoms with Crippen LogP contribution in [0.4, 0.5) is 4.79 Å². The fourth-order valence-corrected chi connectivity index (χ4v) is 9.25. The van der Waals surface area contributed by atoms with Gasteiger partial charge in [0.05, 0.1) is 11.6 Å². The molecule has 0 aliphatic carbocycles. The number of phenolic OH excluding ortho intramolecular Hbond substituents is 1. The average molecular weight is 803 g/mol. The molecule has 0 bridgehead atoms. The molecular weight excluding hydrogens is 745 g/mol. The number of fused-ring (bicyclic) bond motifs is 1. The lowest BCUT2D eigenvalue weighted by molar-refractivity contribution is -0.123. The second-order valence-corrected chi connectivity index (χ2v) is 21.7. The molecule has 5 aromatic rings. The van der Waals surface area contributed by atoms with Crippen LogP contribution in [-0.2, 0) is 27.7 Å². The van der Waals surface area contributed by atoms with Crippen LogP contribution in [0, 0.1) is 5.92 Å². The molecule has 0 unspecified atom stereocenters. The van der Waals surface area contributed by atoms with Gasteiger partial charge in [-0.3, -0.25) is 9.59 Å². The number of primary amides is 1. The summed E-state index contributed by atoms with van der Waals surface area (Å²) in [6, 6.07) is 34.2. The number of urea groups is 1. The number of H-pyrrole nitrogens is 1. The number of aromatic amines is 1. The van der Waals surface area contributed by atoms with Gasteiger partial charge < -0.3 is 41.1 Å². The van der Waals surface area contributed by atoms with Crippen molar-refractivity contribution in [1.29, 1.82) is 0 Å². The Morgan fingerprint density at radius 1 is 0.897 bits per heavy atom. The molecule has 306 valence electrons. The Hall–Kier alpha value is -5.27. The maximum Gasteiger partial charge on any atom is 0.315 e. The van der Waals surface area contributed by atoms with E-state index in [0.29, 0.717) is 44.8 Å². The number of nitrogens with one attached hydrogen (secondary N) is 4. The largest absolute Gasteiger partial charge is 0.506 e. The maximum atomic E-state index is 13.4. The van der Waals surface area contributed by atoms with Crippen LogP contribution in [0.5, 0.6) is 5.75 Å². The van der Waals surface area contributed by atoms with Crippen LogP contribution < -0.4 is 27.2 Å². The number of aromatic hydroxyl groups is 1. The van der Waals surface area contributed by atoms with Crippen molar-refractivity contribution >= 4 is 31.2 Å². The minimum atomic E-state index is -2.22. The molecule has 4 aromatic carbocycles. The molecule has 0 saturated carbocycles. The SMILES string of the molecule is CC(C)(C)[Si](C)(C)O[C@@H](CNCc1cccc(CNC(=O)NCCN2CC[C@@H](C(C(N)=O)(c3ccccc3)c3ccccc3)C2)c1)c1ccc(O)c2[nH]c(=O)ccc12. The highest BCUT2D eigenvalue weighted by Crippen LogP contribution is 2.44. The molecule has 0 spiro atoms. The van der Waals surface area contributed by atoms with Crippen molar-refractivity contribution in [3.05, 3.63) is 147 Å². The molecule has 2 atom stereocenters. The summed E-state index contributed by atoms with van der Waals surface area (Å²) in [5.74, 6) is -0.345. The fourth-order valence-electron chi connectivity index (χ4n) is 7.97. The molecular formula is C46H58N6O5Si. The van der Waals surface area contributed by atoms with E-state index in [0.717, 1.165) is 46.2 Å². The highest BCUT2D eigenvalue weighted by atomic mass is 28.4. The van der Waals surface area contributed by atoms with Gasteiger partial charge in [0.1, 0.15) is 11.2 Å². The average Bonchev–Trinajstić information content (AvgIpc) is 3.66. The Morgan fingerprint density at radius 3 is 2.19 bits per heavy atom. The number of hydrogen-bond donors (Lipinski definition) is 6. The Bertz CT molecular complexity index is 2200. The number of hydrogen-bond acceptors (Lipinski definition) is 7. The minimum absolute atomic E-state index is 0.0134. The maximum absolute atomic E-state index is 13.4. The van der Waals surface area contributed by atoms with Crippen molar-refractivity contribution in [1.82, 2.24) is 25.8 Å². The highest BCUT2D eigenvalue weighted by molar-refractivity contribution is 6.74. The molecule has 11 nitrogen and oxygen atoms in total. The van der Waals surface area contributed by atoms with Crippen molar-refractivity contribution < 1.29 is 19.1 Å². The second-order valence-electron chi connectivity index (χ2n) is 16.9. The van der Waals surface area contributed by atoms with Gasteiger partial charge in [0.2, 0.25) is 11.5 Å². The summed E-state index contributed by atoms with van der Waals surface area (Å²) >= 11 is 0. The van der Waals surface area contributed by atoms with Crippen LogP contribution >= 0.6 is 0 Å². The van der Waals surface area contributed by atoms with Crippen LogP contribution in [0.25, 0.3) is 10.9 Å². The van der Waals surface area contributed by atoms with E-state index >= 15 is 0 Å². The molecule has 1 aliphatic rings. The lowest BCUT2D eigenvalue weighted by atomic mass is 9.64. The minimum Gasteiger partial charge on any atom is -0.506 e. The van der Waals surface area contributed by atoms with Crippen molar-refractivity contribution in [2.24, 2.45) is 11.7 Å². The van der Waals surface area contributed by atoms with Gasteiger partial charge in [-0.25, -0.2) is 4.79 Å². The number of aromatic nitrogens is 1. The Balaban J connectivity index is 1.02. The predicted octanol–water partition coefficient (Wildman–Crippen LogP) is 6.68. The number of carbonyl (C=O) groups is 2. The van der Waals surface area contributed by atoms with Gasteiger partial charge in [0, 0.05) is 50.7 Å². The third-order valence-electron chi connectivity index (χ3n) is 12.0. The van der Waals surface area contributed by atoms with E-state index in [9.17, 15) is 19.5 Å². The summed E-state index contributed by atoms with van der Waals surface area (Å²) < 4.78 is 6.95. The molecule has 6 rings (SSSR count). The number of phenols is 1. The molecule has 0 radical (unpaired) electrons. The van der Waals surface area contributed by atoms with E-state index < -0.39 is 13.7 Å². The standard InChI is InChI=1S/C46H58N6O5Si/c1-45(2,3)58(4,5)57-40(37-19-21-39(53)42-38(37)20-22-41(54)51-42)30-48-28-32-13-12-14-33(27-32)29-50-44(56)49-24-26-52-25-23-36(31-52)46(43(47)55,34-15-8-6-9-16-34)35-17-10-7-11-18-35/h6-22,27,36,40,48,53H,23-26,28-31H2,1-5H3,(H2,47,55)(H,51,54)(H2,49,50,56)/t36-,40+/m1/s1. The quantitative estimate of drug-likeness (QED) is 0.0607. The van der Waals surface area contributed by atoms with Gasteiger partial charge >= 0.3 is 6.03 Å². The zero-order valence-electron chi connectivity index (χ0n) is 34.3. The zero-order chi connectivity index (χ0) is 41.5. The molecule has 1 saturated heterocycles. The summed E-state index contributed by atoms with van der Waals surface area (Å²) in [5.41, 5.74) is 10.2. The molecule has 1 aromatic heterocycles. The predicted molar refractivity (Wildman–Crippen MR) is 233 cm³/mol. The van der Waals surface area contributed by atoms with Gasteiger partial charge in [-0.05, 0) is 77.0 Å². The number of pyridine rings is 1. The molecule has 1 fully saturated rings. The van der Waals surface area contributed by atoms with E-state index in [1.807, 2.05) is 84.9 Å². The highest BCUT2D eigenvalue weighted by Gasteiger charge is 2.49. The summed E-state index contributed by atoms with van der Waals surface area (Å²) in [7, 11) is -2.22. The van der Waals surface area contributed by atoms with E-state index in [1.54, 1.807) is 12.1 Å². The monoisotopic (exact) mass is 802 g/mol. The summed E-state index contributed by atoms with van der Waals surface area (Å²) in [6.45, 7) is 15.1. The summed E-state index contributed by atoms with van der Waals surface area (Å²) in [6.07, 6.45) is 0.484. The first kappa shape index (κ1) is 42.3. The van der Waals surface area contributed by atoms with Crippen molar-refractivity contribution in [3.63, 3.8) is 0 Å². The molecule has 1 aliphatic heterocycles. The van der Waals surface area contributed by atoms with Gasteiger partial charge in [-0.2, -0.15) is 0 Å². The van der Waals surface area contributed by atoms with Gasteiger partial charge in [-0.1, -0.05) is 112 Å². The van der Waals surface area contributed by atoms with Gasteiger partial charge in [-0.15, -0.1) is 0 Å². The van der Waals surface area contributed by atoms with Gasteiger partial charge in [0.15, 0.2) is 8.32 Å². The second kappa shape index (κ2) is 18.1. The Labute approximate surface area is 342 Å². The zero-order valence-corrected chi connectivity index (χ0v) is 35.3. The molecule has 3 amide bonds. The van der Waals surface area contributed by atoms with E-state index in [1.165, 1.54) is 6.07 Å². The van der Waals surface area contributed by atoms with E-state index in [4.69, 9.17) is 10.2 Å². The first-order valence-electron chi connectivity index (χ1n) is 20.2. The van der Waals surface area contributed by atoms with Crippen LogP contribution in [-0.4, -0.2) is 68.0 Å². The molecule has 7 N–H and O–H groups in total. The van der Waals surface area contributed by atoms with Crippen molar-refractivity contribution in [3.8, 4) is 5.75 Å². The smallest absolute Gasteiger partial charge is 0.315 e. The Morgan fingerprint density at radius 2 is 1.55 bits per heavy atom. The van der Waals surface area contributed by atoms with E-state index in [-0.39, 0.29) is 40.3 Å². The lowest BCUT2D eigenvalue weighted by Crippen LogP contribution is -2.49. The normalized spacial score (nSPS) is 15.6. The number of nitrogens with two attached hydrogens (primary N) is 1. The summed E-state index contributed by atoms with van der Waals surface area (Å²) in [4.78, 5) is 43.5. The molecule has 2 heterocycles. The number of benzene rings is 4. The lowest BCUT2D eigenvalue weighted by Gasteiger charge is -2.39. The number of rotatable bonds is 16. The van der Waals surface area contributed by atoms with Crippen molar-refractivity contribution in [2.75, 3.05) is 32.7 Å². The van der Waals surface area contributed by atoms with E-state index in [2.05, 4.69) is 65.8 Å². The topological polar surface area (TPSA) is 162 Å². The van der Waals surface area contributed by atoms with Gasteiger partial charge in [0.25, 0.3) is 0 Å². The third-order valence-corrected chi connectivity index (χ3v) is 16.5. The molecule has 58 heavy (non-hydrogen) atoms. The first-order chi connectivity index (χ1) is 27.7. The third kappa shape index (κ3) is 9.53. The fraction of sp³-hybridized carbons (Fsp3) is 0.370. The number of likely N-dealkylation sites (tertiary alicyclic amines) is 1. The molecule has 12 heteroatoms. The first-order valence-corrected chi connectivity index (χ1v) is 23.1. The summed E-state index contributed by atoms with van der Waals surface area (Å²) in [5, 5.41) is 20.8. The van der Waals surface area contributed by atoms with Crippen LogP contribution in [0.2, 0.25) is 18.1 Å². The van der Waals surface area contributed by atoms with Crippen LogP contribution in [0.15, 0.2) is 114 Å². The number of amides is 3. The number of nitrogens with zero attached hydrogens (tertiary/aromatic N) is 1. The van der Waals surface area contributed by atoms with Crippen molar-refractivity contribution in [2.45, 2.75) is 69.9 Å². The Kier molecular flexibility index (Phi) is 13.2. The van der Waals surface area contributed by atoms with Crippen LogP contribution in [0.1, 0.15) is 61.1 Å². The number of carbonyl (C=O) groups excluding carboxylic acids is 2.